The molecule has 0 aromatic heterocycles. The van der Waals surface area contributed by atoms with Gasteiger partial charge in [0.1, 0.15) is 0 Å². The zero-order valence-electron chi connectivity index (χ0n) is 14.6. The largest absolute Gasteiger partial charge is 0.325 e. The quantitative estimate of drug-likeness (QED) is 0.750. The zero-order chi connectivity index (χ0) is 16.8. The van der Waals surface area contributed by atoms with Crippen molar-refractivity contribution in [2.75, 3.05) is 5.32 Å². The molecule has 0 spiro atoms. The van der Waals surface area contributed by atoms with Gasteiger partial charge in [0.25, 0.3) is 0 Å². The molecule has 1 saturated carbocycles. The lowest BCUT2D eigenvalue weighted by atomic mass is 9.78. The van der Waals surface area contributed by atoms with Gasteiger partial charge in [0, 0.05) is 5.69 Å². The Morgan fingerprint density at radius 3 is 2.29 bits per heavy atom. The van der Waals surface area contributed by atoms with Crippen LogP contribution < -0.4 is 5.32 Å². The molecule has 0 unspecified atom stereocenters. The summed E-state index contributed by atoms with van der Waals surface area (Å²) < 4.78 is 0. The molecule has 1 aliphatic rings. The number of carbonyl (C=O) groups excluding carboxylic acids is 1. The number of nitrogens with one attached hydrogen (secondary N) is 1. The summed E-state index contributed by atoms with van der Waals surface area (Å²) >= 11 is 0. The van der Waals surface area contributed by atoms with Crippen molar-refractivity contribution in [2.24, 2.45) is 0 Å². The Kier molecular flexibility index (Phi) is 5.34. The molecule has 24 heavy (non-hydrogen) atoms. The Morgan fingerprint density at radius 1 is 1.00 bits per heavy atom. The Hall–Kier alpha value is -2.09. The van der Waals surface area contributed by atoms with Crippen molar-refractivity contribution < 1.29 is 4.79 Å². The van der Waals surface area contributed by atoms with Crippen LogP contribution >= 0.6 is 0 Å². The van der Waals surface area contributed by atoms with Crippen LogP contribution in [0.15, 0.2) is 54.6 Å². The van der Waals surface area contributed by atoms with Crippen LogP contribution in [0.25, 0.3) is 0 Å². The van der Waals surface area contributed by atoms with Gasteiger partial charge in [0.05, 0.1) is 5.41 Å². The fraction of sp³-hybridized carbons (Fsp3) is 0.409. The number of carbonyl (C=O) groups is 1. The molecule has 3 rings (SSSR count). The van der Waals surface area contributed by atoms with Gasteiger partial charge in [-0.3, -0.25) is 4.79 Å². The minimum Gasteiger partial charge on any atom is -0.325 e. The van der Waals surface area contributed by atoms with E-state index in [1.54, 1.807) is 0 Å². The lowest BCUT2D eigenvalue weighted by Crippen LogP contribution is -2.37. The minimum absolute atomic E-state index is 0.146. The van der Waals surface area contributed by atoms with Crippen LogP contribution in [0.2, 0.25) is 0 Å². The van der Waals surface area contributed by atoms with Gasteiger partial charge < -0.3 is 5.32 Å². The molecule has 0 aliphatic heterocycles. The topological polar surface area (TPSA) is 29.1 Å². The molecule has 1 amide bonds. The average Bonchev–Trinajstić information content (AvgIpc) is 3.13. The van der Waals surface area contributed by atoms with Crippen LogP contribution in [0.5, 0.6) is 0 Å². The van der Waals surface area contributed by atoms with E-state index in [-0.39, 0.29) is 11.3 Å². The Balaban J connectivity index is 1.75. The highest BCUT2D eigenvalue weighted by Gasteiger charge is 2.42. The molecular weight excluding hydrogens is 294 g/mol. The van der Waals surface area contributed by atoms with Crippen molar-refractivity contribution in [3.8, 4) is 0 Å². The Bertz CT molecular complexity index is 654. The van der Waals surface area contributed by atoms with E-state index in [1.165, 1.54) is 18.4 Å². The molecule has 1 fully saturated rings. The molecule has 0 saturated heterocycles. The van der Waals surface area contributed by atoms with Gasteiger partial charge in [0.15, 0.2) is 0 Å². The van der Waals surface area contributed by atoms with Crippen molar-refractivity contribution in [3.63, 3.8) is 0 Å². The van der Waals surface area contributed by atoms with Gasteiger partial charge in [-0.15, -0.1) is 0 Å². The molecule has 2 aromatic rings. The summed E-state index contributed by atoms with van der Waals surface area (Å²) in [5.41, 5.74) is 3.04. The third-order valence-electron chi connectivity index (χ3n) is 5.25. The van der Waals surface area contributed by atoms with Gasteiger partial charge in [-0.2, -0.15) is 0 Å². The van der Waals surface area contributed by atoms with Crippen LogP contribution in [0.4, 0.5) is 5.69 Å². The van der Waals surface area contributed by atoms with Crippen LogP contribution in [0.1, 0.15) is 56.6 Å². The second-order valence-corrected chi connectivity index (χ2v) is 6.91. The van der Waals surface area contributed by atoms with Gasteiger partial charge in [-0.25, -0.2) is 0 Å². The maximum absolute atomic E-state index is 13.1. The summed E-state index contributed by atoms with van der Waals surface area (Å²) in [4.78, 5) is 13.1. The van der Waals surface area contributed by atoms with Gasteiger partial charge >= 0.3 is 0 Å². The Morgan fingerprint density at radius 2 is 1.67 bits per heavy atom. The number of anilines is 1. The molecule has 0 atom stereocenters. The molecule has 1 N–H and O–H groups in total. The van der Waals surface area contributed by atoms with E-state index in [1.807, 2.05) is 30.3 Å². The molecule has 0 bridgehead atoms. The summed E-state index contributed by atoms with van der Waals surface area (Å²) in [6.45, 7) is 2.21. The van der Waals surface area contributed by atoms with E-state index in [2.05, 4.69) is 36.5 Å². The number of amides is 1. The third-order valence-corrected chi connectivity index (χ3v) is 5.25. The van der Waals surface area contributed by atoms with Gasteiger partial charge in [0.2, 0.25) is 5.91 Å². The lowest BCUT2D eigenvalue weighted by molar-refractivity contribution is -0.121. The lowest BCUT2D eigenvalue weighted by Gasteiger charge is -2.28. The second-order valence-electron chi connectivity index (χ2n) is 6.91. The summed E-state index contributed by atoms with van der Waals surface area (Å²) in [6, 6.07) is 18.6. The normalized spacial score (nSPS) is 16.0. The maximum Gasteiger partial charge on any atom is 0.235 e. The van der Waals surface area contributed by atoms with E-state index in [9.17, 15) is 4.79 Å². The number of aryl methyl sites for hydroxylation is 1. The van der Waals surface area contributed by atoms with Gasteiger partial charge in [-0.1, -0.05) is 68.7 Å². The number of unbranched alkanes of at least 4 members (excludes halogenated alkanes) is 1. The SMILES string of the molecule is CCCCc1ccc(NC(=O)C2(c3ccccc3)CCCC2)cc1. The number of hydrogen-bond donors (Lipinski definition) is 1. The average molecular weight is 321 g/mol. The fourth-order valence-electron chi connectivity index (χ4n) is 3.77. The predicted octanol–water partition coefficient (Wildman–Crippen LogP) is 5.48. The molecule has 126 valence electrons. The molecule has 2 aromatic carbocycles. The highest BCUT2D eigenvalue weighted by Crippen LogP contribution is 2.42. The standard InChI is InChI=1S/C22H27NO/c1-2-3-9-18-12-14-20(15-13-18)23-21(24)22(16-7-8-17-22)19-10-5-4-6-11-19/h4-6,10-15H,2-3,7-9,16-17H2,1H3,(H,23,24). The van der Waals surface area contributed by atoms with E-state index in [4.69, 9.17) is 0 Å². The van der Waals surface area contributed by atoms with Crippen molar-refractivity contribution in [3.05, 3.63) is 65.7 Å². The smallest absolute Gasteiger partial charge is 0.235 e. The minimum atomic E-state index is -0.359. The zero-order valence-corrected chi connectivity index (χ0v) is 14.6. The third kappa shape index (κ3) is 3.53. The Labute approximate surface area is 145 Å². The van der Waals surface area contributed by atoms with Crippen molar-refractivity contribution in [2.45, 2.75) is 57.3 Å². The monoisotopic (exact) mass is 321 g/mol. The fourth-order valence-corrected chi connectivity index (χ4v) is 3.77. The van der Waals surface area contributed by atoms with Crippen molar-refractivity contribution >= 4 is 11.6 Å². The van der Waals surface area contributed by atoms with E-state index in [0.29, 0.717) is 0 Å². The van der Waals surface area contributed by atoms with Gasteiger partial charge in [-0.05, 0) is 48.9 Å². The van der Waals surface area contributed by atoms with Crippen LogP contribution in [-0.4, -0.2) is 5.91 Å². The molecule has 0 radical (unpaired) electrons. The summed E-state index contributed by atoms with van der Waals surface area (Å²) in [5, 5.41) is 3.17. The molecule has 1 aliphatic carbocycles. The first-order chi connectivity index (χ1) is 11.7. The van der Waals surface area contributed by atoms with E-state index >= 15 is 0 Å². The maximum atomic E-state index is 13.1. The number of benzene rings is 2. The van der Waals surface area contributed by atoms with Crippen LogP contribution in [0.3, 0.4) is 0 Å². The summed E-state index contributed by atoms with van der Waals surface area (Å²) in [7, 11) is 0. The molecule has 2 nitrogen and oxygen atoms in total. The predicted molar refractivity (Wildman–Crippen MR) is 100 cm³/mol. The van der Waals surface area contributed by atoms with Crippen molar-refractivity contribution in [1.82, 2.24) is 0 Å². The number of rotatable bonds is 6. The summed E-state index contributed by atoms with van der Waals surface area (Å²) in [6.07, 6.45) is 7.66. The second kappa shape index (κ2) is 7.65. The summed E-state index contributed by atoms with van der Waals surface area (Å²) in [5.74, 6) is 0.146. The number of hydrogen-bond acceptors (Lipinski definition) is 1. The van der Waals surface area contributed by atoms with E-state index in [0.717, 1.165) is 43.4 Å². The first kappa shape index (κ1) is 16.8. The van der Waals surface area contributed by atoms with Crippen LogP contribution in [-0.2, 0) is 16.6 Å². The first-order valence-electron chi connectivity index (χ1n) is 9.20. The molecule has 0 heterocycles. The molecular formula is C22H27NO. The first-order valence-corrected chi connectivity index (χ1v) is 9.20. The van der Waals surface area contributed by atoms with Crippen LogP contribution in [0, 0.1) is 0 Å². The highest BCUT2D eigenvalue weighted by atomic mass is 16.2. The van der Waals surface area contributed by atoms with Crippen molar-refractivity contribution in [1.29, 1.82) is 0 Å². The highest BCUT2D eigenvalue weighted by molar-refractivity contribution is 5.99. The molecule has 2 heteroatoms. The van der Waals surface area contributed by atoms with E-state index < -0.39 is 0 Å².